The van der Waals surface area contributed by atoms with Gasteiger partial charge in [0.1, 0.15) is 13.2 Å². The van der Waals surface area contributed by atoms with Crippen LogP contribution < -0.4 is 14.8 Å². The van der Waals surface area contributed by atoms with Crippen LogP contribution in [0.4, 0.5) is 4.79 Å². The molecule has 1 aromatic rings. The lowest BCUT2D eigenvalue weighted by Crippen LogP contribution is -2.53. The van der Waals surface area contributed by atoms with Crippen molar-refractivity contribution >= 4 is 12.0 Å². The molecule has 4 rings (SSSR count). The number of rotatable bonds is 5. The van der Waals surface area contributed by atoms with Gasteiger partial charge in [-0.2, -0.15) is 0 Å². The van der Waals surface area contributed by atoms with Gasteiger partial charge in [-0.15, -0.1) is 0 Å². The van der Waals surface area contributed by atoms with Crippen LogP contribution in [0.1, 0.15) is 38.2 Å². The highest BCUT2D eigenvalue weighted by molar-refractivity contribution is 5.79. The summed E-state index contributed by atoms with van der Waals surface area (Å²) in [5.41, 5.74) is 0.740. The van der Waals surface area contributed by atoms with Crippen molar-refractivity contribution < 1.29 is 23.8 Å². The first kappa shape index (κ1) is 20.8. The van der Waals surface area contributed by atoms with Crippen LogP contribution in [0.15, 0.2) is 18.2 Å². The minimum atomic E-state index is -0.348. The van der Waals surface area contributed by atoms with Gasteiger partial charge >= 0.3 is 6.09 Å². The predicted octanol–water partition coefficient (Wildman–Crippen LogP) is 2.12. The molecular weight excluding hydrogens is 386 g/mol. The van der Waals surface area contributed by atoms with Gasteiger partial charge in [0.2, 0.25) is 5.91 Å². The van der Waals surface area contributed by atoms with Crippen LogP contribution in [0, 0.1) is 0 Å². The van der Waals surface area contributed by atoms with Crippen LogP contribution in [0.5, 0.6) is 11.5 Å². The minimum Gasteiger partial charge on any atom is -0.486 e. The number of nitrogens with one attached hydrogen (secondary N) is 1. The molecule has 1 N–H and O–H groups in total. The first-order chi connectivity index (χ1) is 14.6. The van der Waals surface area contributed by atoms with E-state index in [0.29, 0.717) is 52.5 Å². The molecule has 0 atom stereocenters. The number of benzene rings is 1. The molecule has 0 aromatic heterocycles. The van der Waals surface area contributed by atoms with Crippen molar-refractivity contribution in [2.45, 2.75) is 38.1 Å². The molecule has 1 aromatic carbocycles. The van der Waals surface area contributed by atoms with Gasteiger partial charge in [0, 0.05) is 26.2 Å². The van der Waals surface area contributed by atoms with Gasteiger partial charge < -0.3 is 24.4 Å². The highest BCUT2D eigenvalue weighted by Gasteiger charge is 2.38. The Kier molecular flexibility index (Phi) is 6.32. The molecule has 0 bridgehead atoms. The van der Waals surface area contributed by atoms with E-state index in [1.165, 1.54) is 0 Å². The Bertz CT molecular complexity index is 770. The van der Waals surface area contributed by atoms with Crippen LogP contribution in [0.25, 0.3) is 0 Å². The molecule has 2 heterocycles. The Balaban J connectivity index is 1.37. The number of nitrogens with zero attached hydrogens (tertiary/aromatic N) is 2. The molecule has 1 saturated carbocycles. The third-order valence-electron chi connectivity index (χ3n) is 6.20. The zero-order valence-corrected chi connectivity index (χ0v) is 17.7. The molecule has 164 valence electrons. The van der Waals surface area contributed by atoms with Gasteiger partial charge in [-0.1, -0.05) is 18.9 Å². The molecular formula is C22H31N3O5. The van der Waals surface area contributed by atoms with Gasteiger partial charge in [-0.3, -0.25) is 9.69 Å². The molecule has 8 heteroatoms. The first-order valence-electron chi connectivity index (χ1n) is 10.9. The highest BCUT2D eigenvalue weighted by Crippen LogP contribution is 2.42. The van der Waals surface area contributed by atoms with Crippen LogP contribution in [0.3, 0.4) is 0 Å². The minimum absolute atomic E-state index is 0.0244. The van der Waals surface area contributed by atoms with Crippen molar-refractivity contribution in [3.8, 4) is 11.5 Å². The maximum absolute atomic E-state index is 12.9. The number of fused-ring (bicyclic) bond motifs is 1. The Morgan fingerprint density at radius 3 is 2.47 bits per heavy atom. The third-order valence-corrected chi connectivity index (χ3v) is 6.20. The van der Waals surface area contributed by atoms with Crippen molar-refractivity contribution in [1.82, 2.24) is 15.1 Å². The van der Waals surface area contributed by atoms with E-state index in [9.17, 15) is 9.59 Å². The summed E-state index contributed by atoms with van der Waals surface area (Å²) in [5.74, 6) is 1.55. The summed E-state index contributed by atoms with van der Waals surface area (Å²) in [4.78, 5) is 28.6. The van der Waals surface area contributed by atoms with Gasteiger partial charge in [0.05, 0.1) is 18.7 Å². The lowest BCUT2D eigenvalue weighted by atomic mass is 9.87. The number of piperazine rings is 1. The molecule has 8 nitrogen and oxygen atoms in total. The average Bonchev–Trinajstić information content (AvgIpc) is 3.23. The fourth-order valence-electron chi connectivity index (χ4n) is 4.62. The summed E-state index contributed by atoms with van der Waals surface area (Å²) in [7, 11) is 0. The van der Waals surface area contributed by atoms with Crippen molar-refractivity contribution in [2.24, 2.45) is 0 Å². The molecule has 0 spiro atoms. The molecule has 1 saturated heterocycles. The Hall–Kier alpha value is -2.48. The zero-order valence-electron chi connectivity index (χ0n) is 17.7. The number of amides is 2. The van der Waals surface area contributed by atoms with Gasteiger partial charge in [-0.25, -0.2) is 4.79 Å². The number of hydrogen-bond acceptors (Lipinski definition) is 6. The van der Waals surface area contributed by atoms with Crippen molar-refractivity contribution in [3.63, 3.8) is 0 Å². The second kappa shape index (κ2) is 9.12. The quantitative estimate of drug-likeness (QED) is 0.791. The molecule has 2 fully saturated rings. The average molecular weight is 418 g/mol. The van der Waals surface area contributed by atoms with Crippen LogP contribution in [-0.2, 0) is 15.1 Å². The van der Waals surface area contributed by atoms with E-state index in [4.69, 9.17) is 14.2 Å². The number of carbonyl (C=O) groups is 2. The molecule has 2 aliphatic heterocycles. The fraction of sp³-hybridized carbons (Fsp3) is 0.636. The highest BCUT2D eigenvalue weighted by atomic mass is 16.6. The maximum atomic E-state index is 12.9. The summed E-state index contributed by atoms with van der Waals surface area (Å²) in [6, 6.07) is 6.03. The summed E-state index contributed by atoms with van der Waals surface area (Å²) in [5, 5.41) is 3.33. The van der Waals surface area contributed by atoms with Crippen molar-refractivity contribution in [1.29, 1.82) is 0 Å². The van der Waals surface area contributed by atoms with E-state index in [2.05, 4.69) is 16.3 Å². The van der Waals surface area contributed by atoms with E-state index >= 15 is 0 Å². The van der Waals surface area contributed by atoms with E-state index < -0.39 is 0 Å². The lowest BCUT2D eigenvalue weighted by molar-refractivity contribution is -0.124. The summed E-state index contributed by atoms with van der Waals surface area (Å²) < 4.78 is 16.5. The number of ether oxygens (including phenoxy) is 3. The van der Waals surface area contributed by atoms with E-state index in [-0.39, 0.29) is 17.5 Å². The van der Waals surface area contributed by atoms with Crippen LogP contribution in [-0.4, -0.2) is 74.3 Å². The largest absolute Gasteiger partial charge is 0.486 e. The Morgan fingerprint density at radius 1 is 1.07 bits per heavy atom. The van der Waals surface area contributed by atoms with Gasteiger partial charge in [0.25, 0.3) is 0 Å². The lowest BCUT2D eigenvalue weighted by Gasteiger charge is -2.36. The zero-order chi connectivity index (χ0) is 21.0. The van der Waals surface area contributed by atoms with Crippen molar-refractivity contribution in [2.75, 3.05) is 52.5 Å². The maximum Gasteiger partial charge on any atom is 0.409 e. The second-order valence-electron chi connectivity index (χ2n) is 8.16. The van der Waals surface area contributed by atoms with Gasteiger partial charge in [-0.05, 0) is 37.5 Å². The van der Waals surface area contributed by atoms with E-state index in [0.717, 1.165) is 42.7 Å². The molecule has 3 aliphatic rings. The Morgan fingerprint density at radius 2 is 1.77 bits per heavy atom. The molecule has 1 aliphatic carbocycles. The second-order valence-corrected chi connectivity index (χ2v) is 8.16. The van der Waals surface area contributed by atoms with Crippen LogP contribution in [0.2, 0.25) is 0 Å². The normalized spacial score (nSPS) is 20.6. The predicted molar refractivity (Wildman–Crippen MR) is 111 cm³/mol. The monoisotopic (exact) mass is 417 g/mol. The van der Waals surface area contributed by atoms with Crippen LogP contribution >= 0.6 is 0 Å². The number of carbonyl (C=O) groups excluding carboxylic acids is 2. The molecule has 30 heavy (non-hydrogen) atoms. The molecule has 0 unspecified atom stereocenters. The van der Waals surface area contributed by atoms with Gasteiger partial charge in [0.15, 0.2) is 11.5 Å². The summed E-state index contributed by atoms with van der Waals surface area (Å²) in [6.45, 7) is 6.14. The third kappa shape index (κ3) is 4.48. The standard InChI is InChI=1S/C22H31N3O5/c1-2-28-21(27)25-11-9-24(10-12-25)16-20(26)23-22(7-3-4-8-22)17-5-6-18-19(15-17)30-14-13-29-18/h5-6,15H,2-4,7-14,16H2,1H3,(H,23,26). The van der Waals surface area contributed by atoms with E-state index in [1.54, 1.807) is 11.8 Å². The summed E-state index contributed by atoms with van der Waals surface area (Å²) in [6.07, 6.45) is 3.76. The summed E-state index contributed by atoms with van der Waals surface area (Å²) >= 11 is 0. The topological polar surface area (TPSA) is 80.3 Å². The SMILES string of the molecule is CCOC(=O)N1CCN(CC(=O)NC2(c3ccc4c(c3)OCCO4)CCCC2)CC1. The Labute approximate surface area is 177 Å². The first-order valence-corrected chi connectivity index (χ1v) is 10.9. The smallest absolute Gasteiger partial charge is 0.409 e. The van der Waals surface area contributed by atoms with E-state index in [1.807, 2.05) is 12.1 Å². The number of hydrogen-bond donors (Lipinski definition) is 1. The fourth-order valence-corrected chi connectivity index (χ4v) is 4.62. The molecule has 2 amide bonds. The molecule has 0 radical (unpaired) electrons. The van der Waals surface area contributed by atoms with Crippen molar-refractivity contribution in [3.05, 3.63) is 23.8 Å².